The molecule has 4 nitrogen and oxygen atoms in total. The third-order valence-corrected chi connectivity index (χ3v) is 4.45. The first-order chi connectivity index (χ1) is 12.0. The highest BCUT2D eigenvalue weighted by Crippen LogP contribution is 2.16. The van der Waals surface area contributed by atoms with Gasteiger partial charge in [0.15, 0.2) is 0 Å². The number of aromatic amines is 1. The minimum absolute atomic E-state index is 0.122. The Morgan fingerprint density at radius 2 is 1.84 bits per heavy atom. The van der Waals surface area contributed by atoms with E-state index in [-0.39, 0.29) is 18.0 Å². The summed E-state index contributed by atoms with van der Waals surface area (Å²) < 4.78 is 0. The molecule has 0 saturated carbocycles. The molecule has 0 bridgehead atoms. The van der Waals surface area contributed by atoms with E-state index < -0.39 is 0 Å². The van der Waals surface area contributed by atoms with Gasteiger partial charge < -0.3 is 9.88 Å². The Bertz CT molecular complexity index is 977. The van der Waals surface area contributed by atoms with Crippen LogP contribution in [-0.4, -0.2) is 22.3 Å². The molecule has 0 spiro atoms. The SMILES string of the molecule is CCN(Cc1cc2cc(C)ccc2[nH]c1=O)C(=O)c1ccc(Cl)cc1. The van der Waals surface area contributed by atoms with Crippen LogP contribution in [-0.2, 0) is 6.54 Å². The lowest BCUT2D eigenvalue weighted by Gasteiger charge is -2.21. The first-order valence-corrected chi connectivity index (χ1v) is 8.53. The van der Waals surface area contributed by atoms with Crippen molar-refractivity contribution in [3.63, 3.8) is 0 Å². The Morgan fingerprint density at radius 3 is 2.52 bits per heavy atom. The lowest BCUT2D eigenvalue weighted by atomic mass is 10.1. The number of nitrogens with one attached hydrogen (secondary N) is 1. The summed E-state index contributed by atoms with van der Waals surface area (Å²) in [7, 11) is 0. The van der Waals surface area contributed by atoms with Crippen LogP contribution in [0.5, 0.6) is 0 Å². The summed E-state index contributed by atoms with van der Waals surface area (Å²) in [6.07, 6.45) is 0. The van der Waals surface area contributed by atoms with Gasteiger partial charge in [-0.05, 0) is 61.7 Å². The second-order valence-electron chi connectivity index (χ2n) is 6.04. The molecule has 5 heteroatoms. The Morgan fingerprint density at radius 1 is 1.12 bits per heavy atom. The predicted molar refractivity (Wildman–Crippen MR) is 101 cm³/mol. The zero-order valence-corrected chi connectivity index (χ0v) is 14.9. The van der Waals surface area contributed by atoms with E-state index in [0.717, 1.165) is 16.5 Å². The van der Waals surface area contributed by atoms with E-state index >= 15 is 0 Å². The van der Waals surface area contributed by atoms with Crippen molar-refractivity contribution < 1.29 is 4.79 Å². The molecule has 1 amide bonds. The van der Waals surface area contributed by atoms with Gasteiger partial charge >= 0.3 is 0 Å². The smallest absolute Gasteiger partial charge is 0.254 e. The molecule has 0 aliphatic carbocycles. The third kappa shape index (κ3) is 3.74. The van der Waals surface area contributed by atoms with E-state index in [1.807, 2.05) is 38.1 Å². The Kier molecular flexibility index (Phi) is 4.91. The summed E-state index contributed by atoms with van der Waals surface area (Å²) in [6.45, 7) is 4.67. The van der Waals surface area contributed by atoms with Crippen LogP contribution in [0.3, 0.4) is 0 Å². The third-order valence-electron chi connectivity index (χ3n) is 4.20. The van der Waals surface area contributed by atoms with Crippen molar-refractivity contribution >= 4 is 28.4 Å². The van der Waals surface area contributed by atoms with Crippen LogP contribution in [0.2, 0.25) is 5.02 Å². The van der Waals surface area contributed by atoms with Crippen molar-refractivity contribution in [2.75, 3.05) is 6.54 Å². The number of hydrogen-bond acceptors (Lipinski definition) is 2. The first-order valence-electron chi connectivity index (χ1n) is 8.15. The topological polar surface area (TPSA) is 53.2 Å². The summed E-state index contributed by atoms with van der Waals surface area (Å²) in [4.78, 5) is 29.6. The van der Waals surface area contributed by atoms with E-state index in [4.69, 9.17) is 11.6 Å². The van der Waals surface area contributed by atoms with Crippen molar-refractivity contribution in [1.82, 2.24) is 9.88 Å². The van der Waals surface area contributed by atoms with Crippen LogP contribution in [0, 0.1) is 6.92 Å². The number of H-pyrrole nitrogens is 1. The molecule has 1 aromatic heterocycles. The molecule has 0 saturated heterocycles. The Labute approximate surface area is 151 Å². The van der Waals surface area contributed by atoms with Gasteiger partial charge in [0.25, 0.3) is 11.5 Å². The number of hydrogen-bond donors (Lipinski definition) is 1. The number of aromatic nitrogens is 1. The number of pyridine rings is 1. The molecule has 0 aliphatic rings. The second-order valence-corrected chi connectivity index (χ2v) is 6.48. The quantitative estimate of drug-likeness (QED) is 0.765. The fraction of sp³-hybridized carbons (Fsp3) is 0.200. The predicted octanol–water partition coefficient (Wildman–Crippen LogP) is 4.15. The van der Waals surface area contributed by atoms with Gasteiger partial charge in [-0.15, -0.1) is 0 Å². The second kappa shape index (κ2) is 7.11. The van der Waals surface area contributed by atoms with Gasteiger partial charge in [0.05, 0.1) is 6.54 Å². The average molecular weight is 355 g/mol. The number of fused-ring (bicyclic) bond motifs is 1. The van der Waals surface area contributed by atoms with Gasteiger partial charge in [-0.3, -0.25) is 9.59 Å². The largest absolute Gasteiger partial charge is 0.334 e. The average Bonchev–Trinajstić information content (AvgIpc) is 2.60. The van der Waals surface area contributed by atoms with E-state index in [0.29, 0.717) is 22.7 Å². The van der Waals surface area contributed by atoms with Crippen molar-refractivity contribution in [2.45, 2.75) is 20.4 Å². The van der Waals surface area contributed by atoms with Crippen LogP contribution in [0.25, 0.3) is 10.9 Å². The fourth-order valence-electron chi connectivity index (χ4n) is 2.80. The molecular weight excluding hydrogens is 336 g/mol. The highest BCUT2D eigenvalue weighted by Gasteiger charge is 2.16. The molecular formula is C20H19ClN2O2. The van der Waals surface area contributed by atoms with Crippen molar-refractivity contribution in [3.05, 3.63) is 80.6 Å². The summed E-state index contributed by atoms with van der Waals surface area (Å²) in [5.74, 6) is -0.122. The molecule has 128 valence electrons. The first kappa shape index (κ1) is 17.2. The molecule has 1 N–H and O–H groups in total. The summed E-state index contributed by atoms with van der Waals surface area (Å²) >= 11 is 5.88. The molecule has 3 aromatic rings. The van der Waals surface area contributed by atoms with Gasteiger partial charge in [0.2, 0.25) is 0 Å². The number of rotatable bonds is 4. The van der Waals surface area contributed by atoms with Crippen molar-refractivity contribution in [3.8, 4) is 0 Å². The van der Waals surface area contributed by atoms with Gasteiger partial charge in [-0.2, -0.15) is 0 Å². The Hall–Kier alpha value is -2.59. The maximum atomic E-state index is 12.7. The van der Waals surface area contributed by atoms with Gasteiger partial charge in [0, 0.05) is 28.2 Å². The van der Waals surface area contributed by atoms with E-state index in [2.05, 4.69) is 4.98 Å². The summed E-state index contributed by atoms with van der Waals surface area (Å²) in [5.41, 5.74) is 2.88. The number of halogens is 1. The van der Waals surface area contributed by atoms with E-state index in [1.54, 1.807) is 29.2 Å². The number of carbonyl (C=O) groups excluding carboxylic acids is 1. The maximum Gasteiger partial charge on any atom is 0.254 e. The number of carbonyl (C=O) groups is 1. The highest BCUT2D eigenvalue weighted by atomic mass is 35.5. The number of benzene rings is 2. The minimum Gasteiger partial charge on any atom is -0.334 e. The van der Waals surface area contributed by atoms with Crippen LogP contribution in [0.1, 0.15) is 28.4 Å². The van der Waals surface area contributed by atoms with Crippen LogP contribution in [0.15, 0.2) is 53.3 Å². The molecule has 0 aliphatic heterocycles. The van der Waals surface area contributed by atoms with Crippen LogP contribution >= 0.6 is 11.6 Å². The number of amides is 1. The number of aryl methyl sites for hydroxylation is 1. The molecule has 0 atom stereocenters. The molecule has 0 radical (unpaired) electrons. The highest BCUT2D eigenvalue weighted by molar-refractivity contribution is 6.30. The van der Waals surface area contributed by atoms with Crippen LogP contribution in [0.4, 0.5) is 0 Å². The Balaban J connectivity index is 1.92. The monoisotopic (exact) mass is 354 g/mol. The van der Waals surface area contributed by atoms with E-state index in [9.17, 15) is 9.59 Å². The summed E-state index contributed by atoms with van der Waals surface area (Å²) in [6, 6.07) is 14.5. The van der Waals surface area contributed by atoms with Gasteiger partial charge in [0.1, 0.15) is 0 Å². The molecule has 25 heavy (non-hydrogen) atoms. The molecule has 0 fully saturated rings. The maximum absolute atomic E-state index is 12.7. The summed E-state index contributed by atoms with van der Waals surface area (Å²) in [5, 5.41) is 1.55. The van der Waals surface area contributed by atoms with Crippen molar-refractivity contribution in [2.24, 2.45) is 0 Å². The minimum atomic E-state index is -0.168. The normalized spacial score (nSPS) is 10.8. The fourth-order valence-corrected chi connectivity index (χ4v) is 2.92. The van der Waals surface area contributed by atoms with Crippen molar-refractivity contribution in [1.29, 1.82) is 0 Å². The zero-order valence-electron chi connectivity index (χ0n) is 14.2. The van der Waals surface area contributed by atoms with Gasteiger partial charge in [-0.1, -0.05) is 23.2 Å². The molecule has 2 aromatic carbocycles. The number of nitrogens with zero attached hydrogens (tertiary/aromatic N) is 1. The van der Waals surface area contributed by atoms with Crippen LogP contribution < -0.4 is 5.56 Å². The molecule has 0 unspecified atom stereocenters. The lowest BCUT2D eigenvalue weighted by Crippen LogP contribution is -2.32. The molecule has 3 rings (SSSR count). The lowest BCUT2D eigenvalue weighted by molar-refractivity contribution is 0.0752. The standard InChI is InChI=1S/C20H19ClN2O2/c1-3-23(20(25)14-5-7-17(21)8-6-14)12-16-11-15-10-13(2)4-9-18(15)22-19(16)24/h4-11H,3,12H2,1-2H3,(H,22,24). The van der Waals surface area contributed by atoms with Gasteiger partial charge in [-0.25, -0.2) is 0 Å². The van der Waals surface area contributed by atoms with E-state index in [1.165, 1.54) is 0 Å². The zero-order chi connectivity index (χ0) is 18.0. The molecule has 1 heterocycles.